The smallest absolute Gasteiger partial charge is 0.329 e. The third-order valence-electron chi connectivity index (χ3n) is 6.06. The van der Waals surface area contributed by atoms with Gasteiger partial charge in [0.15, 0.2) is 0 Å². The molecule has 130 valence electrons. The van der Waals surface area contributed by atoms with Crippen molar-refractivity contribution in [1.82, 2.24) is 5.32 Å². The summed E-state index contributed by atoms with van der Waals surface area (Å²) in [5, 5.41) is 12.5. The largest absolute Gasteiger partial charge is 0.480 e. The monoisotopic (exact) mass is 343 g/mol. The van der Waals surface area contributed by atoms with Gasteiger partial charge in [-0.1, -0.05) is 25.7 Å². The first-order valence-electron chi connectivity index (χ1n) is 8.55. The average Bonchev–Trinajstić information content (AvgIpc) is 3.23. The molecule has 0 aromatic carbocycles. The predicted octanol–water partition coefficient (Wildman–Crippen LogP) is 1.50. The van der Waals surface area contributed by atoms with Gasteiger partial charge in [0.25, 0.3) is 0 Å². The predicted molar refractivity (Wildman–Crippen MR) is 84.6 cm³/mol. The van der Waals surface area contributed by atoms with Gasteiger partial charge in [0, 0.05) is 5.92 Å². The molecule has 1 aliphatic heterocycles. The molecule has 3 aliphatic rings. The molecular weight excluding hydrogens is 318 g/mol. The molecule has 1 heterocycles. The molecule has 2 aliphatic carbocycles. The average molecular weight is 343 g/mol. The van der Waals surface area contributed by atoms with Crippen LogP contribution in [-0.2, 0) is 19.4 Å². The minimum Gasteiger partial charge on any atom is -0.480 e. The van der Waals surface area contributed by atoms with Gasteiger partial charge >= 0.3 is 5.97 Å². The van der Waals surface area contributed by atoms with Crippen LogP contribution >= 0.6 is 0 Å². The first-order chi connectivity index (χ1) is 10.8. The van der Waals surface area contributed by atoms with E-state index in [2.05, 4.69) is 5.32 Å². The molecule has 1 atom stereocenters. The van der Waals surface area contributed by atoms with Crippen molar-refractivity contribution in [2.24, 2.45) is 11.3 Å². The molecule has 0 bridgehead atoms. The molecule has 23 heavy (non-hydrogen) atoms. The van der Waals surface area contributed by atoms with E-state index in [-0.39, 0.29) is 28.7 Å². The zero-order valence-electron chi connectivity index (χ0n) is 13.3. The number of amides is 1. The first kappa shape index (κ1) is 16.7. The maximum Gasteiger partial charge on any atom is 0.329 e. The van der Waals surface area contributed by atoms with Crippen LogP contribution in [0.25, 0.3) is 0 Å². The lowest BCUT2D eigenvalue weighted by Crippen LogP contribution is -2.55. The fourth-order valence-electron chi connectivity index (χ4n) is 4.26. The van der Waals surface area contributed by atoms with Gasteiger partial charge in [0.1, 0.15) is 15.4 Å². The topological polar surface area (TPSA) is 101 Å². The Balaban J connectivity index is 1.66. The number of rotatable bonds is 3. The number of carboxylic acid groups (broad SMARTS) is 1. The highest BCUT2D eigenvalue weighted by molar-refractivity contribution is 7.91. The Morgan fingerprint density at radius 3 is 2.04 bits per heavy atom. The molecule has 3 rings (SSSR count). The van der Waals surface area contributed by atoms with Crippen molar-refractivity contribution in [3.8, 4) is 0 Å². The normalized spacial score (nSPS) is 31.0. The molecule has 2 saturated carbocycles. The summed E-state index contributed by atoms with van der Waals surface area (Å²) < 4.78 is 23.1. The summed E-state index contributed by atoms with van der Waals surface area (Å²) in [6.07, 6.45) is 6.41. The van der Waals surface area contributed by atoms with Gasteiger partial charge in [-0.3, -0.25) is 4.79 Å². The van der Waals surface area contributed by atoms with Crippen LogP contribution in [0.5, 0.6) is 0 Å². The summed E-state index contributed by atoms with van der Waals surface area (Å²) in [6, 6.07) is 0. The highest BCUT2D eigenvalue weighted by Gasteiger charge is 2.60. The standard InChI is InChI=1S/C16H25NO5S/c18-13(12-11-15(12)7-9-23(21,22)10-8-15)17-16(14(19)20)5-3-1-2-4-6-16/h12H,1-11H2,(H,17,18)(H,19,20). The van der Waals surface area contributed by atoms with E-state index in [1.165, 1.54) is 0 Å². The Hall–Kier alpha value is -1.11. The molecule has 1 spiro atoms. The fraction of sp³-hybridized carbons (Fsp3) is 0.875. The van der Waals surface area contributed by atoms with Crippen LogP contribution < -0.4 is 5.32 Å². The summed E-state index contributed by atoms with van der Waals surface area (Å²) in [4.78, 5) is 24.4. The molecule has 1 amide bonds. The van der Waals surface area contributed by atoms with E-state index in [1.54, 1.807) is 0 Å². The summed E-state index contributed by atoms with van der Waals surface area (Å²) >= 11 is 0. The van der Waals surface area contributed by atoms with Crippen molar-refractivity contribution in [2.45, 2.75) is 63.3 Å². The van der Waals surface area contributed by atoms with E-state index in [0.717, 1.165) is 25.7 Å². The van der Waals surface area contributed by atoms with Crippen LogP contribution in [-0.4, -0.2) is 42.4 Å². The highest BCUT2D eigenvalue weighted by Crippen LogP contribution is 2.60. The van der Waals surface area contributed by atoms with Gasteiger partial charge in [-0.05, 0) is 37.5 Å². The number of carbonyl (C=O) groups is 2. The lowest BCUT2D eigenvalue weighted by atomic mass is 9.89. The molecule has 7 heteroatoms. The van der Waals surface area contributed by atoms with Gasteiger partial charge in [0.05, 0.1) is 11.5 Å². The minimum atomic E-state index is -2.95. The second-order valence-electron chi connectivity index (χ2n) is 7.56. The lowest BCUT2D eigenvalue weighted by molar-refractivity contribution is -0.148. The third kappa shape index (κ3) is 3.25. The molecule has 0 aromatic heterocycles. The first-order valence-corrected chi connectivity index (χ1v) is 10.4. The molecule has 0 radical (unpaired) electrons. The van der Waals surface area contributed by atoms with Gasteiger partial charge in [-0.2, -0.15) is 0 Å². The summed E-state index contributed by atoms with van der Waals surface area (Å²) in [5.74, 6) is -1.03. The van der Waals surface area contributed by atoms with Crippen LogP contribution in [0.3, 0.4) is 0 Å². The Kier molecular flexibility index (Phi) is 4.19. The maximum absolute atomic E-state index is 12.6. The Labute approximate surface area is 136 Å². The highest BCUT2D eigenvalue weighted by atomic mass is 32.2. The van der Waals surface area contributed by atoms with Crippen molar-refractivity contribution in [3.05, 3.63) is 0 Å². The van der Waals surface area contributed by atoms with Crippen LogP contribution in [0.15, 0.2) is 0 Å². The summed E-state index contributed by atoms with van der Waals surface area (Å²) in [6.45, 7) is 0. The number of hydrogen-bond donors (Lipinski definition) is 2. The second kappa shape index (κ2) is 5.76. The molecule has 6 nitrogen and oxygen atoms in total. The Morgan fingerprint density at radius 2 is 1.52 bits per heavy atom. The van der Waals surface area contributed by atoms with E-state index < -0.39 is 21.3 Å². The van der Waals surface area contributed by atoms with Gasteiger partial charge in [-0.15, -0.1) is 0 Å². The zero-order chi connectivity index (χ0) is 16.7. The van der Waals surface area contributed by atoms with Gasteiger partial charge in [-0.25, -0.2) is 13.2 Å². The molecule has 3 fully saturated rings. The van der Waals surface area contributed by atoms with Crippen molar-refractivity contribution >= 4 is 21.7 Å². The Bertz CT molecular complexity index is 590. The summed E-state index contributed by atoms with van der Waals surface area (Å²) in [7, 11) is -2.95. The Morgan fingerprint density at radius 1 is 0.957 bits per heavy atom. The maximum atomic E-state index is 12.6. The quantitative estimate of drug-likeness (QED) is 0.756. The van der Waals surface area contributed by atoms with Gasteiger partial charge in [0.2, 0.25) is 5.91 Å². The van der Waals surface area contributed by atoms with E-state index in [0.29, 0.717) is 32.1 Å². The minimum absolute atomic E-state index is 0.154. The van der Waals surface area contributed by atoms with Gasteiger partial charge < -0.3 is 10.4 Å². The van der Waals surface area contributed by atoms with Crippen molar-refractivity contribution in [3.63, 3.8) is 0 Å². The number of carboxylic acids is 1. The number of hydrogen-bond acceptors (Lipinski definition) is 4. The number of nitrogens with one attached hydrogen (secondary N) is 1. The van der Waals surface area contributed by atoms with Crippen LogP contribution in [0.2, 0.25) is 0 Å². The number of sulfone groups is 1. The van der Waals surface area contributed by atoms with Crippen molar-refractivity contribution < 1.29 is 23.1 Å². The molecule has 0 aromatic rings. The lowest BCUT2D eigenvalue weighted by Gasteiger charge is -2.30. The molecule has 2 N–H and O–H groups in total. The van der Waals surface area contributed by atoms with E-state index in [1.807, 2.05) is 0 Å². The van der Waals surface area contributed by atoms with E-state index >= 15 is 0 Å². The van der Waals surface area contributed by atoms with E-state index in [9.17, 15) is 23.1 Å². The van der Waals surface area contributed by atoms with Crippen LogP contribution in [0.1, 0.15) is 57.8 Å². The van der Waals surface area contributed by atoms with Crippen molar-refractivity contribution in [2.75, 3.05) is 11.5 Å². The van der Waals surface area contributed by atoms with E-state index in [4.69, 9.17) is 0 Å². The van der Waals surface area contributed by atoms with Crippen LogP contribution in [0, 0.1) is 11.3 Å². The third-order valence-corrected chi connectivity index (χ3v) is 7.71. The number of aliphatic carboxylic acids is 1. The second-order valence-corrected chi connectivity index (χ2v) is 9.87. The molecule has 1 unspecified atom stereocenters. The zero-order valence-corrected chi connectivity index (χ0v) is 14.2. The molecular formula is C16H25NO5S. The fourth-order valence-corrected chi connectivity index (χ4v) is 5.90. The number of carbonyl (C=O) groups excluding carboxylic acids is 1. The molecule has 1 saturated heterocycles. The SMILES string of the molecule is O=C(NC1(C(=O)O)CCCCCC1)C1CC12CCS(=O)(=O)CC2. The van der Waals surface area contributed by atoms with Crippen molar-refractivity contribution in [1.29, 1.82) is 0 Å². The summed E-state index contributed by atoms with van der Waals surface area (Å²) in [5.41, 5.74) is -1.32. The van der Waals surface area contributed by atoms with Crippen LogP contribution in [0.4, 0.5) is 0 Å².